The molecule has 2 rings (SSSR count). The molecule has 0 spiro atoms. The van der Waals surface area contributed by atoms with Gasteiger partial charge in [0, 0.05) is 10.8 Å². The van der Waals surface area contributed by atoms with E-state index in [9.17, 15) is 13.2 Å². The molecule has 2 heterocycles. The van der Waals surface area contributed by atoms with Crippen molar-refractivity contribution in [2.75, 3.05) is 11.5 Å². The van der Waals surface area contributed by atoms with E-state index >= 15 is 0 Å². The van der Waals surface area contributed by atoms with Gasteiger partial charge in [0.25, 0.3) is 0 Å². The van der Waals surface area contributed by atoms with Gasteiger partial charge in [-0.1, -0.05) is 20.8 Å². The van der Waals surface area contributed by atoms with Gasteiger partial charge in [-0.3, -0.25) is 4.79 Å². The molecule has 0 aliphatic carbocycles. The Kier molecular flexibility index (Phi) is 4.20. The largest absolute Gasteiger partial charge is 0.349 e. The molecular formula is C13H20N2O3S2. The zero-order chi connectivity index (χ0) is 15.0. The minimum absolute atomic E-state index is 0.00170. The summed E-state index contributed by atoms with van der Waals surface area (Å²) in [5.41, 5.74) is 1.01. The minimum atomic E-state index is -3.01. The van der Waals surface area contributed by atoms with Crippen LogP contribution in [-0.2, 0) is 26.6 Å². The first-order chi connectivity index (χ1) is 9.17. The lowest BCUT2D eigenvalue weighted by molar-refractivity contribution is -0.124. The second-order valence-electron chi connectivity index (χ2n) is 6.19. The van der Waals surface area contributed by atoms with Gasteiger partial charge in [-0.15, -0.1) is 11.3 Å². The van der Waals surface area contributed by atoms with Gasteiger partial charge in [0.05, 0.1) is 29.7 Å². The van der Waals surface area contributed by atoms with E-state index in [0.29, 0.717) is 13.0 Å². The highest BCUT2D eigenvalue weighted by atomic mass is 32.2. The van der Waals surface area contributed by atoms with Crippen LogP contribution < -0.4 is 5.32 Å². The molecule has 0 aromatic carbocycles. The van der Waals surface area contributed by atoms with Crippen molar-refractivity contribution in [3.05, 3.63) is 16.1 Å². The number of nitrogens with zero attached hydrogens (tertiary/aromatic N) is 1. The molecule has 1 atom stereocenters. The number of hydrogen-bond donors (Lipinski definition) is 1. The van der Waals surface area contributed by atoms with E-state index in [0.717, 1.165) is 10.7 Å². The summed E-state index contributed by atoms with van der Waals surface area (Å²) >= 11 is 1.52. The van der Waals surface area contributed by atoms with E-state index in [1.807, 2.05) is 5.38 Å². The van der Waals surface area contributed by atoms with E-state index in [4.69, 9.17) is 0 Å². The number of amides is 1. The molecule has 1 amide bonds. The predicted molar refractivity (Wildman–Crippen MR) is 79.4 cm³/mol. The Morgan fingerprint density at radius 2 is 2.20 bits per heavy atom. The van der Waals surface area contributed by atoms with E-state index in [2.05, 4.69) is 31.1 Å². The van der Waals surface area contributed by atoms with Gasteiger partial charge in [-0.2, -0.15) is 0 Å². The average molecular weight is 316 g/mol. The fraction of sp³-hybridized carbons (Fsp3) is 0.692. The molecule has 1 saturated heterocycles. The van der Waals surface area contributed by atoms with Crippen molar-refractivity contribution in [1.82, 2.24) is 10.3 Å². The topological polar surface area (TPSA) is 76.1 Å². The van der Waals surface area contributed by atoms with Crippen LogP contribution in [0, 0.1) is 5.92 Å². The molecule has 5 nitrogen and oxygen atoms in total. The van der Waals surface area contributed by atoms with Gasteiger partial charge >= 0.3 is 0 Å². The van der Waals surface area contributed by atoms with Gasteiger partial charge in [-0.25, -0.2) is 13.4 Å². The van der Waals surface area contributed by atoms with Crippen molar-refractivity contribution in [2.45, 2.75) is 39.2 Å². The maximum absolute atomic E-state index is 11.9. The maximum Gasteiger partial charge on any atom is 0.224 e. The van der Waals surface area contributed by atoms with Gasteiger partial charge in [0.1, 0.15) is 5.01 Å². The zero-order valence-corrected chi connectivity index (χ0v) is 13.6. The number of thiazole rings is 1. The van der Waals surface area contributed by atoms with E-state index in [1.165, 1.54) is 11.3 Å². The molecule has 1 aliphatic heterocycles. The zero-order valence-electron chi connectivity index (χ0n) is 12.0. The quantitative estimate of drug-likeness (QED) is 0.916. The Bertz CT molecular complexity index is 599. The second kappa shape index (κ2) is 5.44. The van der Waals surface area contributed by atoms with Crippen LogP contribution in [0.25, 0.3) is 0 Å². The number of hydrogen-bond acceptors (Lipinski definition) is 5. The Morgan fingerprint density at radius 3 is 2.70 bits per heavy atom. The average Bonchev–Trinajstić information content (AvgIpc) is 2.91. The van der Waals surface area contributed by atoms with Crippen molar-refractivity contribution < 1.29 is 13.2 Å². The van der Waals surface area contributed by atoms with Crippen molar-refractivity contribution in [3.63, 3.8) is 0 Å². The summed E-state index contributed by atoms with van der Waals surface area (Å²) in [6.07, 6.45) is 0.430. The van der Waals surface area contributed by atoms with E-state index < -0.39 is 15.8 Å². The number of rotatable bonds is 3. The molecule has 7 heteroatoms. The molecule has 1 aliphatic rings. The van der Waals surface area contributed by atoms with Crippen LogP contribution in [0.2, 0.25) is 0 Å². The smallest absolute Gasteiger partial charge is 0.224 e. The Hall–Kier alpha value is -0.950. The fourth-order valence-corrected chi connectivity index (χ4v) is 4.75. The van der Waals surface area contributed by atoms with Crippen molar-refractivity contribution in [3.8, 4) is 0 Å². The molecule has 1 aromatic rings. The number of aromatic nitrogens is 1. The lowest BCUT2D eigenvalue weighted by atomic mass is 9.93. The van der Waals surface area contributed by atoms with Crippen LogP contribution in [0.15, 0.2) is 5.38 Å². The maximum atomic E-state index is 11.9. The lowest BCUT2D eigenvalue weighted by Crippen LogP contribution is -2.31. The monoisotopic (exact) mass is 316 g/mol. The molecule has 0 unspecified atom stereocenters. The SMILES string of the molecule is CC(C)(C)c1csc(CNC(=O)[C@@H]2CCS(=O)(=O)C2)n1. The van der Waals surface area contributed by atoms with Crippen molar-refractivity contribution in [1.29, 1.82) is 0 Å². The highest BCUT2D eigenvalue weighted by Gasteiger charge is 2.32. The Balaban J connectivity index is 1.90. The van der Waals surface area contributed by atoms with Gasteiger partial charge in [0.2, 0.25) is 5.91 Å². The molecular weight excluding hydrogens is 296 g/mol. The van der Waals surface area contributed by atoms with E-state index in [-0.39, 0.29) is 22.8 Å². The molecule has 1 fully saturated rings. The summed E-state index contributed by atoms with van der Waals surface area (Å²) in [6.45, 7) is 6.64. The molecule has 1 aromatic heterocycles. The standard InChI is InChI=1S/C13H20N2O3S2/c1-13(2,3)10-7-19-11(15-10)6-14-12(16)9-4-5-20(17,18)8-9/h7,9H,4-6,8H2,1-3H3,(H,14,16)/t9-/m1/s1. The summed E-state index contributed by atoms with van der Waals surface area (Å²) in [6, 6.07) is 0. The first-order valence-corrected chi connectivity index (χ1v) is 9.30. The van der Waals surface area contributed by atoms with Crippen LogP contribution >= 0.6 is 11.3 Å². The van der Waals surface area contributed by atoms with E-state index in [1.54, 1.807) is 0 Å². The van der Waals surface area contributed by atoms with Gasteiger partial charge < -0.3 is 5.32 Å². The Morgan fingerprint density at radius 1 is 1.50 bits per heavy atom. The third kappa shape index (κ3) is 3.79. The number of nitrogens with one attached hydrogen (secondary N) is 1. The highest BCUT2D eigenvalue weighted by Crippen LogP contribution is 2.24. The third-order valence-electron chi connectivity index (χ3n) is 3.34. The second-order valence-corrected chi connectivity index (χ2v) is 9.37. The minimum Gasteiger partial charge on any atom is -0.349 e. The van der Waals surface area contributed by atoms with Crippen LogP contribution in [-0.4, -0.2) is 30.8 Å². The van der Waals surface area contributed by atoms with Crippen LogP contribution in [0.5, 0.6) is 0 Å². The molecule has 1 N–H and O–H groups in total. The molecule has 0 bridgehead atoms. The van der Waals surface area contributed by atoms with Gasteiger partial charge in [0.15, 0.2) is 9.84 Å². The number of carbonyl (C=O) groups is 1. The normalized spacial score (nSPS) is 21.9. The van der Waals surface area contributed by atoms with Crippen molar-refractivity contribution in [2.24, 2.45) is 5.92 Å². The summed E-state index contributed by atoms with van der Waals surface area (Å²) in [4.78, 5) is 16.4. The fourth-order valence-electron chi connectivity index (χ4n) is 2.05. The van der Waals surface area contributed by atoms with Crippen LogP contribution in [0.4, 0.5) is 0 Å². The summed E-state index contributed by atoms with van der Waals surface area (Å²) in [7, 11) is -3.01. The number of carbonyl (C=O) groups excluding carboxylic acids is 1. The third-order valence-corrected chi connectivity index (χ3v) is 5.95. The van der Waals surface area contributed by atoms with Crippen molar-refractivity contribution >= 4 is 27.1 Å². The van der Waals surface area contributed by atoms with Crippen LogP contribution in [0.1, 0.15) is 37.9 Å². The lowest BCUT2D eigenvalue weighted by Gasteiger charge is -2.14. The summed E-state index contributed by atoms with van der Waals surface area (Å²) < 4.78 is 22.7. The Labute approximate surface area is 123 Å². The molecule has 112 valence electrons. The first kappa shape index (κ1) is 15.4. The molecule has 0 saturated carbocycles. The molecule has 0 radical (unpaired) electrons. The van der Waals surface area contributed by atoms with Gasteiger partial charge in [-0.05, 0) is 6.42 Å². The summed E-state index contributed by atoms with van der Waals surface area (Å²) in [5, 5.41) is 5.64. The highest BCUT2D eigenvalue weighted by molar-refractivity contribution is 7.91. The van der Waals surface area contributed by atoms with Crippen LogP contribution in [0.3, 0.4) is 0 Å². The molecule has 20 heavy (non-hydrogen) atoms. The predicted octanol–water partition coefficient (Wildman–Crippen LogP) is 1.49. The first-order valence-electron chi connectivity index (χ1n) is 6.60. The summed E-state index contributed by atoms with van der Waals surface area (Å²) in [5.74, 6) is -0.485. The number of sulfone groups is 1.